The van der Waals surface area contributed by atoms with Gasteiger partial charge in [-0.1, -0.05) is 0 Å². The molecule has 92 valence electrons. The van der Waals surface area contributed by atoms with E-state index in [4.69, 9.17) is 5.73 Å². The molecule has 0 saturated carbocycles. The number of aromatic nitrogens is 5. The predicted molar refractivity (Wildman–Crippen MR) is 70.1 cm³/mol. The second-order valence-electron chi connectivity index (χ2n) is 4.47. The summed E-state index contributed by atoms with van der Waals surface area (Å²) in [7, 11) is 0. The zero-order valence-electron chi connectivity index (χ0n) is 10.5. The van der Waals surface area contributed by atoms with Crippen LogP contribution in [0.5, 0.6) is 0 Å². The molecule has 0 unspecified atom stereocenters. The summed E-state index contributed by atoms with van der Waals surface area (Å²) < 4.78 is 0. The number of nitrogens with one attached hydrogen (secondary N) is 2. The van der Waals surface area contributed by atoms with Crippen LogP contribution in [0.2, 0.25) is 0 Å². The van der Waals surface area contributed by atoms with E-state index in [1.165, 1.54) is 0 Å². The average molecular weight is 242 g/mol. The van der Waals surface area contributed by atoms with Crippen molar-refractivity contribution in [2.24, 2.45) is 0 Å². The summed E-state index contributed by atoms with van der Waals surface area (Å²) in [5, 5.41) is 15.0. The Morgan fingerprint density at radius 3 is 2.56 bits per heavy atom. The van der Waals surface area contributed by atoms with Crippen molar-refractivity contribution in [2.75, 3.05) is 5.73 Å². The van der Waals surface area contributed by atoms with Crippen molar-refractivity contribution in [2.45, 2.75) is 20.8 Å². The maximum atomic E-state index is 5.89. The van der Waals surface area contributed by atoms with Gasteiger partial charge in [0.05, 0.1) is 11.1 Å². The number of hydrogen-bond acceptors (Lipinski definition) is 4. The Balaban J connectivity index is 2.38. The number of pyridine rings is 1. The van der Waals surface area contributed by atoms with Crippen molar-refractivity contribution in [1.82, 2.24) is 25.4 Å². The Bertz CT molecular complexity index is 736. The van der Waals surface area contributed by atoms with E-state index < -0.39 is 0 Å². The quantitative estimate of drug-likeness (QED) is 0.606. The van der Waals surface area contributed by atoms with Gasteiger partial charge in [-0.3, -0.25) is 10.2 Å². The number of nitrogen functional groups attached to an aromatic ring is 1. The summed E-state index contributed by atoms with van der Waals surface area (Å²) in [5.41, 5.74) is 11.4. The van der Waals surface area contributed by atoms with Crippen molar-refractivity contribution >= 4 is 16.9 Å². The maximum Gasteiger partial charge on any atom is 0.183 e. The minimum absolute atomic E-state index is 0.545. The highest BCUT2D eigenvalue weighted by molar-refractivity contribution is 5.94. The number of rotatable bonds is 1. The van der Waals surface area contributed by atoms with Crippen LogP contribution < -0.4 is 5.73 Å². The molecule has 3 aromatic heterocycles. The molecule has 3 heterocycles. The second-order valence-corrected chi connectivity index (χ2v) is 4.47. The fraction of sp³-hybridized carbons (Fsp3) is 0.250. The summed E-state index contributed by atoms with van der Waals surface area (Å²) in [5.74, 6) is 0.545. The van der Waals surface area contributed by atoms with Crippen LogP contribution in [-0.4, -0.2) is 25.4 Å². The summed E-state index contributed by atoms with van der Waals surface area (Å²) in [6.45, 7) is 5.94. The lowest BCUT2D eigenvalue weighted by Gasteiger charge is -2.07. The molecule has 0 spiro atoms. The fourth-order valence-electron chi connectivity index (χ4n) is 2.33. The molecule has 0 aliphatic heterocycles. The third kappa shape index (κ3) is 1.38. The number of nitrogens with two attached hydrogens (primary N) is 1. The molecule has 0 aromatic carbocycles. The summed E-state index contributed by atoms with van der Waals surface area (Å²) in [4.78, 5) is 4.47. The summed E-state index contributed by atoms with van der Waals surface area (Å²) >= 11 is 0. The van der Waals surface area contributed by atoms with Crippen molar-refractivity contribution in [1.29, 1.82) is 0 Å². The molecule has 4 N–H and O–H groups in total. The van der Waals surface area contributed by atoms with Crippen LogP contribution >= 0.6 is 0 Å². The van der Waals surface area contributed by atoms with Crippen LogP contribution in [0.1, 0.15) is 17.0 Å². The van der Waals surface area contributed by atoms with E-state index in [0.29, 0.717) is 11.5 Å². The van der Waals surface area contributed by atoms with E-state index >= 15 is 0 Å². The summed E-state index contributed by atoms with van der Waals surface area (Å²) in [6.07, 6.45) is 0. The van der Waals surface area contributed by atoms with Crippen molar-refractivity contribution in [3.05, 3.63) is 23.0 Å². The van der Waals surface area contributed by atoms with Gasteiger partial charge in [0, 0.05) is 17.0 Å². The standard InChI is InChI=1S/C12H14N6/c1-5-4-8(16-15-5)9-6(2)10-11(13)17-18-12(10)14-7(9)3/h4H,1-3H3,(H,15,16)(H3,13,14,17,18). The van der Waals surface area contributed by atoms with Gasteiger partial charge < -0.3 is 5.73 Å². The molecule has 0 saturated heterocycles. The molecule has 0 radical (unpaired) electrons. The lowest BCUT2D eigenvalue weighted by molar-refractivity contribution is 1.04. The SMILES string of the molecule is Cc1cc(-c2c(C)nc3n[nH]c(N)c3c2C)n[nH]1. The number of fused-ring (bicyclic) bond motifs is 1. The Labute approximate surface area is 104 Å². The minimum atomic E-state index is 0.545. The fourth-order valence-corrected chi connectivity index (χ4v) is 2.33. The Morgan fingerprint density at radius 2 is 1.89 bits per heavy atom. The van der Waals surface area contributed by atoms with Crippen molar-refractivity contribution in [3.8, 4) is 11.3 Å². The molecule has 3 aromatic rings. The van der Waals surface area contributed by atoms with Crippen LogP contribution in [0.15, 0.2) is 6.07 Å². The number of anilines is 1. The highest BCUT2D eigenvalue weighted by Gasteiger charge is 2.16. The van der Waals surface area contributed by atoms with Gasteiger partial charge in [0.2, 0.25) is 0 Å². The van der Waals surface area contributed by atoms with E-state index in [1.54, 1.807) is 0 Å². The van der Waals surface area contributed by atoms with Crippen molar-refractivity contribution < 1.29 is 0 Å². The van der Waals surface area contributed by atoms with Gasteiger partial charge in [0.1, 0.15) is 5.82 Å². The molecule has 6 heteroatoms. The number of aromatic amines is 2. The van der Waals surface area contributed by atoms with E-state index in [-0.39, 0.29) is 0 Å². The summed E-state index contributed by atoms with van der Waals surface area (Å²) in [6, 6.07) is 2.00. The van der Waals surface area contributed by atoms with Gasteiger partial charge in [-0.05, 0) is 32.4 Å². The second kappa shape index (κ2) is 3.56. The first-order valence-electron chi connectivity index (χ1n) is 5.71. The minimum Gasteiger partial charge on any atom is -0.384 e. The average Bonchev–Trinajstić information content (AvgIpc) is 2.86. The molecule has 0 atom stereocenters. The molecule has 0 bridgehead atoms. The molecule has 0 fully saturated rings. The first-order valence-corrected chi connectivity index (χ1v) is 5.71. The van der Waals surface area contributed by atoms with Gasteiger partial charge in [0.25, 0.3) is 0 Å². The van der Waals surface area contributed by atoms with Crippen LogP contribution in [0, 0.1) is 20.8 Å². The van der Waals surface area contributed by atoms with E-state index in [1.807, 2.05) is 26.8 Å². The molecular weight excluding hydrogens is 228 g/mol. The van der Waals surface area contributed by atoms with Crippen LogP contribution in [-0.2, 0) is 0 Å². The molecule has 18 heavy (non-hydrogen) atoms. The normalized spacial score (nSPS) is 11.3. The largest absolute Gasteiger partial charge is 0.384 e. The zero-order chi connectivity index (χ0) is 12.9. The van der Waals surface area contributed by atoms with Crippen LogP contribution in [0.3, 0.4) is 0 Å². The molecule has 0 aliphatic carbocycles. The maximum absolute atomic E-state index is 5.89. The lowest BCUT2D eigenvalue weighted by Crippen LogP contribution is -1.95. The Hall–Kier alpha value is -2.37. The van der Waals surface area contributed by atoms with Crippen LogP contribution in [0.4, 0.5) is 5.82 Å². The molecular formula is C12H14N6. The van der Waals surface area contributed by atoms with Crippen molar-refractivity contribution in [3.63, 3.8) is 0 Å². The highest BCUT2D eigenvalue weighted by atomic mass is 15.2. The van der Waals surface area contributed by atoms with Gasteiger partial charge in [-0.2, -0.15) is 10.2 Å². The lowest BCUT2D eigenvalue weighted by atomic mass is 10.0. The predicted octanol–water partition coefficient (Wildman–Crippen LogP) is 1.86. The number of aryl methyl sites for hydroxylation is 3. The first-order chi connectivity index (χ1) is 8.58. The smallest absolute Gasteiger partial charge is 0.183 e. The Kier molecular flexibility index (Phi) is 2.13. The monoisotopic (exact) mass is 242 g/mol. The molecule has 3 rings (SSSR count). The molecule has 0 amide bonds. The topological polar surface area (TPSA) is 96.3 Å². The molecule has 0 aliphatic rings. The van der Waals surface area contributed by atoms with Gasteiger partial charge in [0.15, 0.2) is 5.65 Å². The third-order valence-electron chi connectivity index (χ3n) is 3.12. The van der Waals surface area contributed by atoms with Gasteiger partial charge in [-0.25, -0.2) is 4.98 Å². The van der Waals surface area contributed by atoms with Crippen LogP contribution in [0.25, 0.3) is 22.3 Å². The third-order valence-corrected chi connectivity index (χ3v) is 3.12. The Morgan fingerprint density at radius 1 is 1.11 bits per heavy atom. The van der Waals surface area contributed by atoms with E-state index in [9.17, 15) is 0 Å². The number of nitrogens with zero attached hydrogens (tertiary/aromatic N) is 3. The van der Waals surface area contributed by atoms with E-state index in [2.05, 4.69) is 25.4 Å². The number of H-pyrrole nitrogens is 2. The number of hydrogen-bond donors (Lipinski definition) is 3. The van der Waals surface area contributed by atoms with Gasteiger partial charge in [-0.15, -0.1) is 0 Å². The molecule has 6 nitrogen and oxygen atoms in total. The zero-order valence-corrected chi connectivity index (χ0v) is 10.5. The highest BCUT2D eigenvalue weighted by Crippen LogP contribution is 2.31. The van der Waals surface area contributed by atoms with E-state index in [0.717, 1.165) is 33.6 Å². The van der Waals surface area contributed by atoms with Gasteiger partial charge >= 0.3 is 0 Å². The first kappa shape index (κ1) is 10.8.